The van der Waals surface area contributed by atoms with Gasteiger partial charge in [0, 0.05) is 6.04 Å². The van der Waals surface area contributed by atoms with Gasteiger partial charge in [-0.1, -0.05) is 48.3 Å². The number of rotatable bonds is 4. The number of amides is 1. The quantitative estimate of drug-likeness (QED) is 0.874. The lowest BCUT2D eigenvalue weighted by molar-refractivity contribution is -0.139. The van der Waals surface area contributed by atoms with Crippen LogP contribution in [-0.4, -0.2) is 38.3 Å². The van der Waals surface area contributed by atoms with E-state index in [1.54, 1.807) is 11.0 Å². The van der Waals surface area contributed by atoms with Gasteiger partial charge in [-0.05, 0) is 31.4 Å². The molecule has 1 atom stereocenters. The maximum atomic E-state index is 12.7. The third kappa shape index (κ3) is 3.44. The molecule has 128 valence electrons. The molecule has 0 aromatic heterocycles. The predicted molar refractivity (Wildman–Crippen MR) is 96.0 cm³/mol. The van der Waals surface area contributed by atoms with Crippen LogP contribution in [0.1, 0.15) is 37.7 Å². The Morgan fingerprint density at radius 2 is 2.12 bits per heavy atom. The fourth-order valence-corrected chi connectivity index (χ4v) is 4.67. The van der Waals surface area contributed by atoms with Gasteiger partial charge in [-0.25, -0.2) is 4.99 Å². The summed E-state index contributed by atoms with van der Waals surface area (Å²) in [4.78, 5) is 30.2. The van der Waals surface area contributed by atoms with Gasteiger partial charge in [0.2, 0.25) is 5.91 Å². The van der Waals surface area contributed by atoms with E-state index in [4.69, 9.17) is 16.7 Å². The van der Waals surface area contributed by atoms with Gasteiger partial charge in [-0.3, -0.25) is 14.5 Å². The zero-order valence-corrected chi connectivity index (χ0v) is 14.9. The summed E-state index contributed by atoms with van der Waals surface area (Å²) in [5.74, 6) is -1.11. The number of carboxylic acid groups (broad SMARTS) is 1. The topological polar surface area (TPSA) is 70.0 Å². The molecular formula is C17H19ClN2O3S. The first kappa shape index (κ1) is 17.3. The number of carbonyl (C=O) groups excluding carboxylic acids is 1. The van der Waals surface area contributed by atoms with Crippen molar-refractivity contribution in [1.29, 1.82) is 0 Å². The second kappa shape index (κ2) is 7.15. The summed E-state index contributed by atoms with van der Waals surface area (Å²) in [5.41, 5.74) is 1.57. The first-order chi connectivity index (χ1) is 11.5. The molecule has 24 heavy (non-hydrogen) atoms. The molecule has 0 radical (unpaired) electrons. The maximum absolute atomic E-state index is 12.7. The van der Waals surface area contributed by atoms with Gasteiger partial charge in [0.05, 0.1) is 17.1 Å². The number of carboxylic acids is 1. The average molecular weight is 367 g/mol. The lowest BCUT2D eigenvalue weighted by Gasteiger charge is -2.23. The van der Waals surface area contributed by atoms with Crippen LogP contribution in [0.25, 0.3) is 0 Å². The number of aliphatic imine (C=N–C) groups is 1. The van der Waals surface area contributed by atoms with Gasteiger partial charge in [-0.2, -0.15) is 0 Å². The van der Waals surface area contributed by atoms with Crippen LogP contribution in [0.2, 0.25) is 5.02 Å². The van der Waals surface area contributed by atoms with Gasteiger partial charge in [0.15, 0.2) is 5.17 Å². The van der Waals surface area contributed by atoms with Gasteiger partial charge >= 0.3 is 5.97 Å². The van der Waals surface area contributed by atoms with Crippen LogP contribution in [0.15, 0.2) is 23.2 Å². The highest BCUT2D eigenvalue weighted by Crippen LogP contribution is 2.38. The number of hydrogen-bond donors (Lipinski definition) is 1. The first-order valence-corrected chi connectivity index (χ1v) is 9.28. The van der Waals surface area contributed by atoms with Crippen LogP contribution in [-0.2, 0) is 9.59 Å². The number of carbonyl (C=O) groups is 2. The van der Waals surface area contributed by atoms with E-state index < -0.39 is 11.2 Å². The number of amidine groups is 1. The van der Waals surface area contributed by atoms with E-state index in [-0.39, 0.29) is 18.4 Å². The van der Waals surface area contributed by atoms with Crippen molar-refractivity contribution in [2.24, 2.45) is 4.99 Å². The molecule has 5 nitrogen and oxygen atoms in total. The van der Waals surface area contributed by atoms with E-state index in [9.17, 15) is 9.59 Å². The molecule has 1 aliphatic heterocycles. The fraction of sp³-hybridized carbons (Fsp3) is 0.471. The lowest BCUT2D eigenvalue weighted by atomic mass is 10.2. The molecule has 1 saturated carbocycles. The number of aryl methyl sites for hydroxylation is 1. The summed E-state index contributed by atoms with van der Waals surface area (Å²) in [5, 5.41) is 9.56. The van der Waals surface area contributed by atoms with Crippen molar-refractivity contribution in [2.45, 2.75) is 50.3 Å². The molecule has 0 bridgehead atoms. The molecule has 2 fully saturated rings. The molecule has 1 saturated heterocycles. The van der Waals surface area contributed by atoms with Crippen LogP contribution in [0.3, 0.4) is 0 Å². The number of thioether (sulfide) groups is 1. The van der Waals surface area contributed by atoms with Crippen LogP contribution in [0.4, 0.5) is 5.69 Å². The van der Waals surface area contributed by atoms with E-state index in [1.807, 2.05) is 19.1 Å². The first-order valence-electron chi connectivity index (χ1n) is 8.02. The third-order valence-electron chi connectivity index (χ3n) is 4.41. The number of para-hydroxylation sites is 1. The van der Waals surface area contributed by atoms with E-state index in [1.165, 1.54) is 11.8 Å². The number of aliphatic carboxylic acids is 1. The number of benzene rings is 1. The molecule has 1 aliphatic carbocycles. The highest BCUT2D eigenvalue weighted by Gasteiger charge is 2.43. The second-order valence-corrected chi connectivity index (χ2v) is 7.73. The standard InChI is InChI=1S/C17H19ClN2O3S/c1-10-5-4-8-12(18)15(10)19-17-20(11-6-2-3-7-11)16(23)13(24-17)9-14(21)22/h4-5,8,11,13H,2-3,6-7,9H2,1H3,(H,21,22). The Balaban J connectivity index is 1.97. The van der Waals surface area contributed by atoms with Gasteiger partial charge in [0.25, 0.3) is 0 Å². The Bertz CT molecular complexity index is 681. The summed E-state index contributed by atoms with van der Waals surface area (Å²) < 4.78 is 0. The molecule has 0 spiro atoms. The number of halogens is 1. The fourth-order valence-electron chi connectivity index (χ4n) is 3.21. The molecule has 1 heterocycles. The van der Waals surface area contributed by atoms with Crippen LogP contribution in [0, 0.1) is 6.92 Å². The van der Waals surface area contributed by atoms with E-state index >= 15 is 0 Å². The summed E-state index contributed by atoms with van der Waals surface area (Å²) in [7, 11) is 0. The normalized spacial score (nSPS) is 23.4. The van der Waals surface area contributed by atoms with Crippen molar-refractivity contribution in [1.82, 2.24) is 4.90 Å². The Hall–Kier alpha value is -1.53. The number of hydrogen-bond acceptors (Lipinski definition) is 4. The summed E-state index contributed by atoms with van der Waals surface area (Å²) in [6, 6.07) is 5.66. The van der Waals surface area contributed by atoms with E-state index in [0.29, 0.717) is 15.9 Å². The molecular weight excluding hydrogens is 348 g/mol. The largest absolute Gasteiger partial charge is 0.481 e. The highest BCUT2D eigenvalue weighted by molar-refractivity contribution is 8.15. The van der Waals surface area contributed by atoms with Crippen molar-refractivity contribution in [3.63, 3.8) is 0 Å². The lowest BCUT2D eigenvalue weighted by Crippen LogP contribution is -2.39. The summed E-state index contributed by atoms with van der Waals surface area (Å²) >= 11 is 7.50. The summed E-state index contributed by atoms with van der Waals surface area (Å²) in [6.45, 7) is 1.92. The smallest absolute Gasteiger partial charge is 0.305 e. The van der Waals surface area contributed by atoms with Gasteiger partial charge < -0.3 is 5.11 Å². The second-order valence-electron chi connectivity index (χ2n) is 6.15. The van der Waals surface area contributed by atoms with Crippen molar-refractivity contribution in [3.8, 4) is 0 Å². The van der Waals surface area contributed by atoms with Crippen LogP contribution < -0.4 is 0 Å². The van der Waals surface area contributed by atoms with Crippen molar-refractivity contribution in [2.75, 3.05) is 0 Å². The van der Waals surface area contributed by atoms with Gasteiger partial charge in [0.1, 0.15) is 5.25 Å². The molecule has 1 aromatic carbocycles. The molecule has 1 unspecified atom stereocenters. The Kier molecular flexibility index (Phi) is 5.15. The Labute approximate surface area is 150 Å². The molecule has 1 aromatic rings. The molecule has 1 N–H and O–H groups in total. The number of nitrogens with zero attached hydrogens (tertiary/aromatic N) is 2. The predicted octanol–water partition coefficient (Wildman–Crippen LogP) is 4.00. The Morgan fingerprint density at radius 3 is 2.75 bits per heavy atom. The summed E-state index contributed by atoms with van der Waals surface area (Å²) in [6.07, 6.45) is 3.86. The third-order valence-corrected chi connectivity index (χ3v) is 5.87. The minimum absolute atomic E-state index is 0.116. The van der Waals surface area contributed by atoms with Crippen LogP contribution in [0.5, 0.6) is 0 Å². The molecule has 7 heteroatoms. The van der Waals surface area contributed by atoms with E-state index in [2.05, 4.69) is 4.99 Å². The minimum Gasteiger partial charge on any atom is -0.481 e. The zero-order chi connectivity index (χ0) is 17.3. The van der Waals surface area contributed by atoms with Crippen LogP contribution >= 0.6 is 23.4 Å². The van der Waals surface area contributed by atoms with Crippen molar-refractivity contribution in [3.05, 3.63) is 28.8 Å². The molecule has 2 aliphatic rings. The average Bonchev–Trinajstić information content (AvgIpc) is 3.12. The zero-order valence-electron chi connectivity index (χ0n) is 13.4. The molecule has 1 amide bonds. The monoisotopic (exact) mass is 366 g/mol. The van der Waals surface area contributed by atoms with Crippen molar-refractivity contribution >= 4 is 46.1 Å². The minimum atomic E-state index is -0.970. The Morgan fingerprint density at radius 1 is 1.42 bits per heavy atom. The molecule has 3 rings (SSSR count). The maximum Gasteiger partial charge on any atom is 0.305 e. The van der Waals surface area contributed by atoms with E-state index in [0.717, 1.165) is 31.2 Å². The highest BCUT2D eigenvalue weighted by atomic mass is 35.5. The van der Waals surface area contributed by atoms with Gasteiger partial charge in [-0.15, -0.1) is 0 Å². The SMILES string of the molecule is Cc1cccc(Cl)c1N=C1SC(CC(=O)O)C(=O)N1C1CCCC1. The van der Waals surface area contributed by atoms with Crippen molar-refractivity contribution < 1.29 is 14.7 Å².